The summed E-state index contributed by atoms with van der Waals surface area (Å²) in [5.74, 6) is 0.674. The number of hydrogen-bond acceptors (Lipinski definition) is 4. The molecule has 1 aromatic carbocycles. The molecule has 4 nitrogen and oxygen atoms in total. The van der Waals surface area contributed by atoms with Crippen molar-refractivity contribution in [3.63, 3.8) is 0 Å². The summed E-state index contributed by atoms with van der Waals surface area (Å²) >= 11 is 0. The Balaban J connectivity index is 1.67. The Kier molecular flexibility index (Phi) is 3.81. The number of halogens is 1. The molecule has 1 aliphatic rings. The smallest absolute Gasteiger partial charge is 0.151 e. The van der Waals surface area contributed by atoms with Crippen molar-refractivity contribution in [1.82, 2.24) is 4.98 Å². The van der Waals surface area contributed by atoms with Crippen molar-refractivity contribution < 1.29 is 9.18 Å². The van der Waals surface area contributed by atoms with Crippen molar-refractivity contribution in [2.24, 2.45) is 0 Å². The Morgan fingerprint density at radius 1 is 1.00 bits per heavy atom. The first-order chi connectivity index (χ1) is 10.3. The molecule has 0 saturated carbocycles. The molecule has 0 N–H and O–H groups in total. The van der Waals surface area contributed by atoms with Gasteiger partial charge in [-0.2, -0.15) is 0 Å². The molecule has 0 radical (unpaired) electrons. The summed E-state index contributed by atoms with van der Waals surface area (Å²) in [5.41, 5.74) is 1.23. The number of aromatic nitrogens is 1. The van der Waals surface area contributed by atoms with Crippen molar-refractivity contribution in [2.45, 2.75) is 0 Å². The molecule has 5 heteroatoms. The van der Waals surface area contributed by atoms with E-state index in [1.54, 1.807) is 18.3 Å². The van der Waals surface area contributed by atoms with Crippen LogP contribution in [-0.2, 0) is 0 Å². The van der Waals surface area contributed by atoms with E-state index in [0.29, 0.717) is 11.3 Å². The second-order valence-corrected chi connectivity index (χ2v) is 4.99. The highest BCUT2D eigenvalue weighted by molar-refractivity contribution is 5.74. The molecule has 1 saturated heterocycles. The van der Waals surface area contributed by atoms with Crippen molar-refractivity contribution >= 4 is 17.8 Å². The van der Waals surface area contributed by atoms with Crippen LogP contribution in [0.1, 0.15) is 10.4 Å². The highest BCUT2D eigenvalue weighted by atomic mass is 19.1. The van der Waals surface area contributed by atoms with E-state index in [1.165, 1.54) is 6.07 Å². The van der Waals surface area contributed by atoms with Crippen molar-refractivity contribution in [2.75, 3.05) is 36.0 Å². The third-order valence-corrected chi connectivity index (χ3v) is 3.70. The van der Waals surface area contributed by atoms with Gasteiger partial charge in [0.2, 0.25) is 0 Å². The lowest BCUT2D eigenvalue weighted by Gasteiger charge is -2.36. The number of para-hydroxylation sites is 1. The number of anilines is 2. The molecular weight excluding hydrogens is 269 g/mol. The van der Waals surface area contributed by atoms with Gasteiger partial charge in [0.05, 0.1) is 5.69 Å². The van der Waals surface area contributed by atoms with Crippen LogP contribution in [0.25, 0.3) is 0 Å². The lowest BCUT2D eigenvalue weighted by Crippen LogP contribution is -2.47. The van der Waals surface area contributed by atoms with Gasteiger partial charge in [-0.3, -0.25) is 4.79 Å². The van der Waals surface area contributed by atoms with E-state index in [1.807, 2.05) is 23.1 Å². The molecule has 1 fully saturated rings. The number of aldehydes is 1. The number of hydrogen-bond donors (Lipinski definition) is 0. The van der Waals surface area contributed by atoms with Gasteiger partial charge in [-0.25, -0.2) is 9.37 Å². The highest BCUT2D eigenvalue weighted by Crippen LogP contribution is 2.21. The molecule has 0 aliphatic carbocycles. The topological polar surface area (TPSA) is 36.4 Å². The lowest BCUT2D eigenvalue weighted by atomic mass is 10.2. The Hall–Kier alpha value is -2.43. The molecule has 0 atom stereocenters. The summed E-state index contributed by atoms with van der Waals surface area (Å²) in [6.45, 7) is 3.06. The van der Waals surface area contributed by atoms with E-state index in [4.69, 9.17) is 0 Å². The molecule has 3 rings (SSSR count). The molecule has 1 aliphatic heterocycles. The van der Waals surface area contributed by atoms with Crippen LogP contribution in [-0.4, -0.2) is 37.4 Å². The van der Waals surface area contributed by atoms with Crippen LogP contribution in [0, 0.1) is 5.82 Å². The Labute approximate surface area is 122 Å². The zero-order valence-electron chi connectivity index (χ0n) is 11.6. The minimum Gasteiger partial charge on any atom is -0.366 e. The average molecular weight is 285 g/mol. The van der Waals surface area contributed by atoms with E-state index in [9.17, 15) is 9.18 Å². The molecule has 0 spiro atoms. The number of carbonyl (C=O) groups excluding carboxylic acids is 1. The summed E-state index contributed by atoms with van der Waals surface area (Å²) in [7, 11) is 0. The number of carbonyl (C=O) groups is 1. The first-order valence-electron chi connectivity index (χ1n) is 6.93. The van der Waals surface area contributed by atoms with Gasteiger partial charge in [0.15, 0.2) is 6.29 Å². The van der Waals surface area contributed by atoms with Crippen molar-refractivity contribution in [3.8, 4) is 0 Å². The lowest BCUT2D eigenvalue weighted by molar-refractivity contribution is 0.112. The van der Waals surface area contributed by atoms with Gasteiger partial charge in [-0.1, -0.05) is 12.1 Å². The first kappa shape index (κ1) is 13.5. The molecular formula is C16H16FN3O. The number of piperazine rings is 1. The van der Waals surface area contributed by atoms with Gasteiger partial charge in [-0.15, -0.1) is 0 Å². The maximum atomic E-state index is 13.8. The predicted octanol–water partition coefficient (Wildman–Crippen LogP) is 2.36. The van der Waals surface area contributed by atoms with Gasteiger partial charge in [0.1, 0.15) is 11.6 Å². The molecule has 21 heavy (non-hydrogen) atoms. The minimum absolute atomic E-state index is 0.181. The van der Waals surface area contributed by atoms with E-state index in [2.05, 4.69) is 9.88 Å². The molecule has 0 bridgehead atoms. The van der Waals surface area contributed by atoms with E-state index < -0.39 is 0 Å². The molecule has 2 aromatic rings. The molecule has 2 heterocycles. The van der Waals surface area contributed by atoms with E-state index in [-0.39, 0.29) is 5.82 Å². The zero-order chi connectivity index (χ0) is 14.7. The van der Waals surface area contributed by atoms with Gasteiger partial charge < -0.3 is 9.80 Å². The summed E-state index contributed by atoms with van der Waals surface area (Å²) in [6, 6.07) is 10.5. The minimum atomic E-state index is -0.181. The maximum Gasteiger partial charge on any atom is 0.151 e. The van der Waals surface area contributed by atoms with Crippen molar-refractivity contribution in [3.05, 3.63) is 54.0 Å². The second kappa shape index (κ2) is 5.91. The Bertz CT molecular complexity index is 622. The van der Waals surface area contributed by atoms with Crippen LogP contribution in [0.4, 0.5) is 15.9 Å². The van der Waals surface area contributed by atoms with Crippen LogP contribution >= 0.6 is 0 Å². The highest BCUT2D eigenvalue weighted by Gasteiger charge is 2.19. The summed E-state index contributed by atoms with van der Waals surface area (Å²) in [5, 5.41) is 0. The average Bonchev–Trinajstić information content (AvgIpc) is 2.56. The Morgan fingerprint density at radius 3 is 2.33 bits per heavy atom. The second-order valence-electron chi connectivity index (χ2n) is 4.99. The fourth-order valence-electron chi connectivity index (χ4n) is 2.54. The summed E-state index contributed by atoms with van der Waals surface area (Å²) in [4.78, 5) is 19.1. The van der Waals surface area contributed by atoms with Gasteiger partial charge in [-0.05, 0) is 24.3 Å². The number of nitrogens with zero attached hydrogens (tertiary/aromatic N) is 3. The first-order valence-corrected chi connectivity index (χ1v) is 6.93. The third kappa shape index (κ3) is 2.86. The zero-order valence-corrected chi connectivity index (χ0v) is 11.6. The van der Waals surface area contributed by atoms with Gasteiger partial charge in [0, 0.05) is 37.9 Å². The molecule has 108 valence electrons. The third-order valence-electron chi connectivity index (χ3n) is 3.70. The standard InChI is InChI=1S/C16H16FN3O/c17-14-3-1-2-4-15(14)19-7-9-20(10-8-19)16-6-5-13(12-21)11-18-16/h1-6,11-12H,7-10H2. The van der Waals surface area contributed by atoms with Crippen LogP contribution in [0.5, 0.6) is 0 Å². The monoisotopic (exact) mass is 285 g/mol. The fourth-order valence-corrected chi connectivity index (χ4v) is 2.54. The quantitative estimate of drug-likeness (QED) is 0.811. The van der Waals surface area contributed by atoms with Crippen molar-refractivity contribution in [1.29, 1.82) is 0 Å². The summed E-state index contributed by atoms with van der Waals surface area (Å²) < 4.78 is 13.8. The van der Waals surface area contributed by atoms with Crippen LogP contribution in [0.3, 0.4) is 0 Å². The van der Waals surface area contributed by atoms with Crippen LogP contribution < -0.4 is 9.80 Å². The normalized spacial score (nSPS) is 15.1. The maximum absolute atomic E-state index is 13.8. The van der Waals surface area contributed by atoms with E-state index >= 15 is 0 Å². The number of pyridine rings is 1. The summed E-state index contributed by atoms with van der Waals surface area (Å²) in [6.07, 6.45) is 2.36. The number of benzene rings is 1. The largest absolute Gasteiger partial charge is 0.366 e. The fraction of sp³-hybridized carbons (Fsp3) is 0.250. The SMILES string of the molecule is O=Cc1ccc(N2CCN(c3ccccc3F)CC2)nc1. The Morgan fingerprint density at radius 2 is 1.71 bits per heavy atom. The molecule has 0 unspecified atom stereocenters. The van der Waals surface area contributed by atoms with E-state index in [0.717, 1.165) is 38.3 Å². The molecule has 1 aromatic heterocycles. The van der Waals surface area contributed by atoms with Crippen LogP contribution in [0.15, 0.2) is 42.6 Å². The predicted molar refractivity (Wildman–Crippen MR) is 80.5 cm³/mol. The number of rotatable bonds is 3. The molecule has 0 amide bonds. The van der Waals surface area contributed by atoms with Gasteiger partial charge in [0.25, 0.3) is 0 Å². The van der Waals surface area contributed by atoms with Gasteiger partial charge >= 0.3 is 0 Å². The van der Waals surface area contributed by atoms with Crippen LogP contribution in [0.2, 0.25) is 0 Å².